The minimum atomic E-state index is -1.00. The lowest BCUT2D eigenvalue weighted by molar-refractivity contribution is 0.0697. The van der Waals surface area contributed by atoms with Crippen molar-refractivity contribution in [2.75, 3.05) is 5.32 Å². The third kappa shape index (κ3) is 2.94. The van der Waals surface area contributed by atoms with Gasteiger partial charge >= 0.3 is 5.97 Å². The number of rotatable bonds is 4. The van der Waals surface area contributed by atoms with Crippen LogP contribution in [0.3, 0.4) is 0 Å². The average molecular weight is 307 g/mol. The van der Waals surface area contributed by atoms with E-state index in [-0.39, 0.29) is 5.56 Å². The number of aryl methyl sites for hydroxylation is 1. The number of hydrogen-bond acceptors (Lipinski definition) is 3. The van der Waals surface area contributed by atoms with Gasteiger partial charge in [-0.1, -0.05) is 35.9 Å². The van der Waals surface area contributed by atoms with Crippen LogP contribution in [0.5, 0.6) is 0 Å². The van der Waals surface area contributed by atoms with Gasteiger partial charge < -0.3 is 10.4 Å². The summed E-state index contributed by atoms with van der Waals surface area (Å²) in [5, 5.41) is 17.1. The molecule has 2 aromatic carbocycles. The van der Waals surface area contributed by atoms with Crippen LogP contribution in [0.25, 0.3) is 5.69 Å². The SMILES string of the molecule is Cc1ccc(Nc2nn(-c3ccccc3)c(C)c2C(=O)O)cc1. The molecule has 0 saturated carbocycles. The molecule has 116 valence electrons. The van der Waals surface area contributed by atoms with Crippen molar-refractivity contribution >= 4 is 17.5 Å². The van der Waals surface area contributed by atoms with Gasteiger partial charge in [-0.3, -0.25) is 0 Å². The highest BCUT2D eigenvalue weighted by Crippen LogP contribution is 2.25. The quantitative estimate of drug-likeness (QED) is 0.766. The van der Waals surface area contributed by atoms with Crippen molar-refractivity contribution in [1.82, 2.24) is 9.78 Å². The zero-order valence-electron chi connectivity index (χ0n) is 12.9. The molecule has 0 spiro atoms. The van der Waals surface area contributed by atoms with Crippen LogP contribution in [-0.2, 0) is 0 Å². The molecular formula is C18H17N3O2. The highest BCUT2D eigenvalue weighted by molar-refractivity contribution is 5.95. The van der Waals surface area contributed by atoms with Crippen LogP contribution in [0.1, 0.15) is 21.6 Å². The molecule has 3 aromatic rings. The molecule has 2 N–H and O–H groups in total. The minimum absolute atomic E-state index is 0.175. The molecule has 0 aliphatic heterocycles. The third-order valence-corrected chi connectivity index (χ3v) is 3.65. The van der Waals surface area contributed by atoms with Crippen LogP contribution in [0.15, 0.2) is 54.6 Å². The van der Waals surface area contributed by atoms with Gasteiger partial charge in [0.1, 0.15) is 5.56 Å². The molecule has 1 aromatic heterocycles. The van der Waals surface area contributed by atoms with E-state index < -0.39 is 5.97 Å². The number of nitrogens with one attached hydrogen (secondary N) is 1. The summed E-state index contributed by atoms with van der Waals surface area (Å²) in [5.74, 6) is -0.665. The van der Waals surface area contributed by atoms with Gasteiger partial charge in [-0.2, -0.15) is 0 Å². The van der Waals surface area contributed by atoms with Crippen molar-refractivity contribution in [2.45, 2.75) is 13.8 Å². The number of carbonyl (C=O) groups is 1. The van der Waals surface area contributed by atoms with Crippen molar-refractivity contribution in [2.24, 2.45) is 0 Å². The summed E-state index contributed by atoms with van der Waals surface area (Å²) >= 11 is 0. The van der Waals surface area contributed by atoms with Crippen molar-refractivity contribution < 1.29 is 9.90 Å². The van der Waals surface area contributed by atoms with Crippen LogP contribution >= 0.6 is 0 Å². The molecule has 0 atom stereocenters. The van der Waals surface area contributed by atoms with E-state index in [0.717, 1.165) is 16.9 Å². The second-order valence-corrected chi connectivity index (χ2v) is 5.35. The first kappa shape index (κ1) is 14.8. The first-order valence-electron chi connectivity index (χ1n) is 7.28. The third-order valence-electron chi connectivity index (χ3n) is 3.65. The molecule has 5 nitrogen and oxygen atoms in total. The van der Waals surface area contributed by atoms with Crippen molar-refractivity contribution in [3.63, 3.8) is 0 Å². The van der Waals surface area contributed by atoms with E-state index in [4.69, 9.17) is 0 Å². The second kappa shape index (κ2) is 5.96. The maximum atomic E-state index is 11.6. The Bertz CT molecular complexity index is 837. The van der Waals surface area contributed by atoms with Gasteiger partial charge in [-0.15, -0.1) is 5.10 Å². The number of aromatic carboxylic acids is 1. The number of carboxylic acid groups (broad SMARTS) is 1. The number of aromatic nitrogens is 2. The normalized spacial score (nSPS) is 10.5. The van der Waals surface area contributed by atoms with Crippen molar-refractivity contribution in [1.29, 1.82) is 0 Å². The van der Waals surface area contributed by atoms with E-state index in [1.165, 1.54) is 0 Å². The average Bonchev–Trinajstić information content (AvgIpc) is 2.87. The first-order chi connectivity index (χ1) is 11.1. The molecule has 0 amide bonds. The van der Waals surface area contributed by atoms with Crippen LogP contribution in [0.4, 0.5) is 11.5 Å². The van der Waals surface area contributed by atoms with Gasteiger partial charge in [0.2, 0.25) is 0 Å². The van der Waals surface area contributed by atoms with E-state index in [2.05, 4.69) is 10.4 Å². The van der Waals surface area contributed by atoms with Crippen LogP contribution < -0.4 is 5.32 Å². The molecule has 0 saturated heterocycles. The predicted octanol–water partition coefficient (Wildman–Crippen LogP) is 3.93. The lowest BCUT2D eigenvalue weighted by Gasteiger charge is -2.04. The smallest absolute Gasteiger partial charge is 0.341 e. The summed E-state index contributed by atoms with van der Waals surface area (Å²) in [7, 11) is 0. The highest BCUT2D eigenvalue weighted by Gasteiger charge is 2.21. The Balaban J connectivity index is 2.06. The summed E-state index contributed by atoms with van der Waals surface area (Å²) in [6, 6.07) is 17.2. The van der Waals surface area contributed by atoms with E-state index in [1.54, 1.807) is 11.6 Å². The van der Waals surface area contributed by atoms with Gasteiger partial charge in [0, 0.05) is 5.69 Å². The fourth-order valence-electron chi connectivity index (χ4n) is 2.44. The summed E-state index contributed by atoms with van der Waals surface area (Å²) < 4.78 is 1.64. The van der Waals surface area contributed by atoms with Gasteiger partial charge in [-0.25, -0.2) is 9.48 Å². The number of hydrogen-bond donors (Lipinski definition) is 2. The Morgan fingerprint density at radius 3 is 2.30 bits per heavy atom. The fourth-order valence-corrected chi connectivity index (χ4v) is 2.44. The van der Waals surface area contributed by atoms with Crippen molar-refractivity contribution in [3.05, 3.63) is 71.4 Å². The lowest BCUT2D eigenvalue weighted by atomic mass is 10.2. The van der Waals surface area contributed by atoms with E-state index >= 15 is 0 Å². The topological polar surface area (TPSA) is 67.2 Å². The maximum absolute atomic E-state index is 11.6. The minimum Gasteiger partial charge on any atom is -0.477 e. The molecule has 3 rings (SSSR count). The molecule has 23 heavy (non-hydrogen) atoms. The molecule has 0 radical (unpaired) electrons. The molecule has 0 aliphatic carbocycles. The number of benzene rings is 2. The summed E-state index contributed by atoms with van der Waals surface area (Å²) in [5.41, 5.74) is 3.52. The zero-order chi connectivity index (χ0) is 16.4. The molecular weight excluding hydrogens is 290 g/mol. The number of nitrogens with zero attached hydrogens (tertiary/aromatic N) is 2. The molecule has 0 bridgehead atoms. The van der Waals surface area contributed by atoms with E-state index in [0.29, 0.717) is 11.5 Å². The molecule has 0 fully saturated rings. The predicted molar refractivity (Wildman–Crippen MR) is 89.7 cm³/mol. The molecule has 0 unspecified atom stereocenters. The van der Waals surface area contributed by atoms with E-state index in [1.807, 2.05) is 61.5 Å². The van der Waals surface area contributed by atoms with Gasteiger partial charge in [-0.05, 0) is 38.1 Å². The van der Waals surface area contributed by atoms with Gasteiger partial charge in [0.15, 0.2) is 5.82 Å². The second-order valence-electron chi connectivity index (χ2n) is 5.35. The fraction of sp³-hybridized carbons (Fsp3) is 0.111. The lowest BCUT2D eigenvalue weighted by Crippen LogP contribution is -2.03. The Morgan fingerprint density at radius 1 is 1.04 bits per heavy atom. The highest BCUT2D eigenvalue weighted by atomic mass is 16.4. The van der Waals surface area contributed by atoms with Crippen LogP contribution in [0.2, 0.25) is 0 Å². The van der Waals surface area contributed by atoms with Gasteiger partial charge in [0.05, 0.1) is 11.4 Å². The first-order valence-corrected chi connectivity index (χ1v) is 7.28. The number of para-hydroxylation sites is 1. The Kier molecular flexibility index (Phi) is 3.85. The standard InChI is InChI=1S/C18H17N3O2/c1-12-8-10-14(11-9-12)19-17-16(18(22)23)13(2)21(20-17)15-6-4-3-5-7-15/h3-11H,1-2H3,(H,19,20)(H,22,23). The monoisotopic (exact) mass is 307 g/mol. The summed E-state index contributed by atoms with van der Waals surface area (Å²) in [6.07, 6.45) is 0. The Labute approximate surface area is 134 Å². The van der Waals surface area contributed by atoms with E-state index in [9.17, 15) is 9.90 Å². The molecule has 5 heteroatoms. The Morgan fingerprint density at radius 2 is 1.70 bits per heavy atom. The molecule has 1 heterocycles. The zero-order valence-corrected chi connectivity index (χ0v) is 12.9. The Hall–Kier alpha value is -3.08. The van der Waals surface area contributed by atoms with Crippen molar-refractivity contribution in [3.8, 4) is 5.69 Å². The summed E-state index contributed by atoms with van der Waals surface area (Å²) in [4.78, 5) is 11.6. The maximum Gasteiger partial charge on any atom is 0.341 e. The van der Waals surface area contributed by atoms with Crippen LogP contribution in [0, 0.1) is 13.8 Å². The largest absolute Gasteiger partial charge is 0.477 e. The van der Waals surface area contributed by atoms with Gasteiger partial charge in [0.25, 0.3) is 0 Å². The number of carboxylic acids is 1. The summed E-state index contributed by atoms with van der Waals surface area (Å²) in [6.45, 7) is 3.75. The number of anilines is 2. The van der Waals surface area contributed by atoms with Crippen LogP contribution in [-0.4, -0.2) is 20.9 Å². The molecule has 0 aliphatic rings.